The van der Waals surface area contributed by atoms with E-state index in [2.05, 4.69) is 10.6 Å². The first-order valence-corrected chi connectivity index (χ1v) is 7.22. The van der Waals surface area contributed by atoms with Gasteiger partial charge >= 0.3 is 0 Å². The van der Waals surface area contributed by atoms with Crippen molar-refractivity contribution in [1.82, 2.24) is 5.32 Å². The van der Waals surface area contributed by atoms with E-state index < -0.39 is 5.82 Å². The van der Waals surface area contributed by atoms with Gasteiger partial charge in [0.1, 0.15) is 5.82 Å². The zero-order chi connectivity index (χ0) is 13.0. The predicted molar refractivity (Wildman–Crippen MR) is 73.7 cm³/mol. The molecule has 0 bridgehead atoms. The van der Waals surface area contributed by atoms with Crippen LogP contribution in [0.2, 0.25) is 5.02 Å². The van der Waals surface area contributed by atoms with Gasteiger partial charge in [0.05, 0.1) is 16.5 Å². The highest BCUT2D eigenvalue weighted by atomic mass is 35.5. The van der Waals surface area contributed by atoms with Crippen molar-refractivity contribution in [2.24, 2.45) is 5.92 Å². The van der Waals surface area contributed by atoms with Crippen molar-refractivity contribution in [1.29, 1.82) is 0 Å². The SMILES string of the molecule is O=C(CSCC1CNC1)Nc1ccc(F)cc1Cl. The van der Waals surface area contributed by atoms with Crippen molar-refractivity contribution >= 4 is 35.0 Å². The van der Waals surface area contributed by atoms with Gasteiger partial charge in [-0.1, -0.05) is 11.6 Å². The fraction of sp³-hybridized carbons (Fsp3) is 0.417. The van der Waals surface area contributed by atoms with Crippen LogP contribution in [0.5, 0.6) is 0 Å². The third-order valence-electron chi connectivity index (χ3n) is 2.66. The van der Waals surface area contributed by atoms with Gasteiger partial charge in [0.2, 0.25) is 5.91 Å². The number of amides is 1. The Balaban J connectivity index is 1.75. The van der Waals surface area contributed by atoms with E-state index in [1.807, 2.05) is 0 Å². The van der Waals surface area contributed by atoms with Crippen LogP contribution >= 0.6 is 23.4 Å². The van der Waals surface area contributed by atoms with Crippen LogP contribution in [0.4, 0.5) is 10.1 Å². The van der Waals surface area contributed by atoms with Gasteiger partial charge in [-0.05, 0) is 43.0 Å². The molecular formula is C12H14ClFN2OS. The molecule has 6 heteroatoms. The highest BCUT2D eigenvalue weighted by Crippen LogP contribution is 2.22. The molecule has 2 rings (SSSR count). The van der Waals surface area contributed by atoms with Crippen LogP contribution in [0.3, 0.4) is 0 Å². The number of rotatable bonds is 5. The fourth-order valence-electron chi connectivity index (χ4n) is 1.56. The van der Waals surface area contributed by atoms with Gasteiger partial charge in [-0.3, -0.25) is 4.79 Å². The molecule has 98 valence electrons. The van der Waals surface area contributed by atoms with Gasteiger partial charge in [-0.25, -0.2) is 4.39 Å². The van der Waals surface area contributed by atoms with Crippen LogP contribution in [-0.2, 0) is 4.79 Å². The summed E-state index contributed by atoms with van der Waals surface area (Å²) in [5.74, 6) is 1.53. The summed E-state index contributed by atoms with van der Waals surface area (Å²) < 4.78 is 12.8. The van der Waals surface area contributed by atoms with E-state index >= 15 is 0 Å². The second-order valence-corrected chi connectivity index (χ2v) is 5.65. The molecule has 0 atom stereocenters. The van der Waals surface area contributed by atoms with E-state index in [1.54, 1.807) is 11.8 Å². The number of hydrogen-bond acceptors (Lipinski definition) is 3. The summed E-state index contributed by atoms with van der Waals surface area (Å²) in [5, 5.41) is 6.08. The zero-order valence-electron chi connectivity index (χ0n) is 9.71. The van der Waals surface area contributed by atoms with Gasteiger partial charge in [0, 0.05) is 0 Å². The van der Waals surface area contributed by atoms with E-state index in [0.717, 1.165) is 18.8 Å². The van der Waals surface area contributed by atoms with Crippen molar-refractivity contribution in [3.05, 3.63) is 29.0 Å². The van der Waals surface area contributed by atoms with Gasteiger partial charge < -0.3 is 10.6 Å². The summed E-state index contributed by atoms with van der Waals surface area (Å²) >= 11 is 7.42. The molecule has 1 aromatic carbocycles. The third-order valence-corrected chi connectivity index (χ3v) is 4.14. The number of carbonyl (C=O) groups is 1. The van der Waals surface area contributed by atoms with Crippen LogP contribution in [-0.4, -0.2) is 30.5 Å². The topological polar surface area (TPSA) is 41.1 Å². The Kier molecular flexibility index (Phi) is 4.86. The number of nitrogens with one attached hydrogen (secondary N) is 2. The minimum Gasteiger partial charge on any atom is -0.324 e. The van der Waals surface area contributed by atoms with Crippen molar-refractivity contribution < 1.29 is 9.18 Å². The lowest BCUT2D eigenvalue weighted by molar-refractivity contribution is -0.113. The minimum absolute atomic E-state index is 0.110. The zero-order valence-corrected chi connectivity index (χ0v) is 11.3. The Morgan fingerprint density at radius 1 is 1.56 bits per heavy atom. The maximum Gasteiger partial charge on any atom is 0.234 e. The summed E-state index contributed by atoms with van der Waals surface area (Å²) in [5.41, 5.74) is 0.453. The van der Waals surface area contributed by atoms with Crippen LogP contribution in [0, 0.1) is 11.7 Å². The average Bonchev–Trinajstić information content (AvgIpc) is 2.26. The van der Waals surface area contributed by atoms with Crippen molar-refractivity contribution in [2.45, 2.75) is 0 Å². The number of thioether (sulfide) groups is 1. The smallest absolute Gasteiger partial charge is 0.234 e. The Bertz CT molecular complexity index is 440. The minimum atomic E-state index is -0.412. The normalized spacial score (nSPS) is 15.2. The lowest BCUT2D eigenvalue weighted by atomic mass is 10.1. The number of benzene rings is 1. The Hall–Kier alpha value is -0.780. The van der Waals surface area contributed by atoms with E-state index in [-0.39, 0.29) is 10.9 Å². The third kappa shape index (κ3) is 3.86. The van der Waals surface area contributed by atoms with Gasteiger partial charge in [0.15, 0.2) is 0 Å². The number of carbonyl (C=O) groups excluding carboxylic acids is 1. The largest absolute Gasteiger partial charge is 0.324 e. The molecule has 1 fully saturated rings. The molecule has 1 aliphatic rings. The first-order chi connectivity index (χ1) is 8.65. The maximum atomic E-state index is 12.8. The molecule has 1 heterocycles. The summed E-state index contributed by atoms with van der Waals surface area (Å²) in [7, 11) is 0. The predicted octanol–water partition coefficient (Wildman–Crippen LogP) is 2.37. The second-order valence-electron chi connectivity index (χ2n) is 4.21. The van der Waals surface area contributed by atoms with Crippen LogP contribution in [0.25, 0.3) is 0 Å². The molecule has 3 nitrogen and oxygen atoms in total. The maximum absolute atomic E-state index is 12.8. The summed E-state index contributed by atoms with van der Waals surface area (Å²) in [6.07, 6.45) is 0. The molecule has 1 aliphatic heterocycles. The van der Waals surface area contributed by atoms with E-state index in [1.165, 1.54) is 18.2 Å². The second kappa shape index (κ2) is 6.41. The lowest BCUT2D eigenvalue weighted by Gasteiger charge is -2.26. The summed E-state index contributed by atoms with van der Waals surface area (Å²) in [4.78, 5) is 11.6. The monoisotopic (exact) mass is 288 g/mol. The summed E-state index contributed by atoms with van der Waals surface area (Å²) in [6, 6.07) is 3.93. The number of halogens is 2. The van der Waals surface area contributed by atoms with Crippen molar-refractivity contribution in [3.63, 3.8) is 0 Å². The molecule has 1 amide bonds. The lowest BCUT2D eigenvalue weighted by Crippen LogP contribution is -2.43. The first kappa shape index (κ1) is 13.6. The molecular weight excluding hydrogens is 275 g/mol. The van der Waals surface area contributed by atoms with Gasteiger partial charge in [-0.15, -0.1) is 0 Å². The highest BCUT2D eigenvalue weighted by molar-refractivity contribution is 7.99. The van der Waals surface area contributed by atoms with Crippen molar-refractivity contribution in [2.75, 3.05) is 29.9 Å². The number of anilines is 1. The van der Waals surface area contributed by atoms with Crippen LogP contribution in [0.1, 0.15) is 0 Å². The van der Waals surface area contributed by atoms with E-state index in [4.69, 9.17) is 11.6 Å². The molecule has 0 aromatic heterocycles. The molecule has 0 unspecified atom stereocenters. The average molecular weight is 289 g/mol. The van der Waals surface area contributed by atoms with Crippen molar-refractivity contribution in [3.8, 4) is 0 Å². The van der Waals surface area contributed by atoms with Crippen LogP contribution < -0.4 is 10.6 Å². The molecule has 2 N–H and O–H groups in total. The Morgan fingerprint density at radius 2 is 2.33 bits per heavy atom. The Morgan fingerprint density at radius 3 is 2.94 bits per heavy atom. The fourth-order valence-corrected chi connectivity index (χ4v) is 2.72. The highest BCUT2D eigenvalue weighted by Gasteiger charge is 2.16. The standard InChI is InChI=1S/C12H14ClFN2OS/c13-10-3-9(14)1-2-11(10)16-12(17)7-18-6-8-4-15-5-8/h1-3,8,15H,4-7H2,(H,16,17). The van der Waals surface area contributed by atoms with Gasteiger partial charge in [-0.2, -0.15) is 11.8 Å². The van der Waals surface area contributed by atoms with Gasteiger partial charge in [0.25, 0.3) is 0 Å². The number of hydrogen-bond donors (Lipinski definition) is 2. The molecule has 0 aliphatic carbocycles. The Labute approximate surface area is 114 Å². The van der Waals surface area contributed by atoms with E-state index in [9.17, 15) is 9.18 Å². The molecule has 0 radical (unpaired) electrons. The molecule has 1 saturated heterocycles. The molecule has 0 spiro atoms. The molecule has 0 saturated carbocycles. The first-order valence-electron chi connectivity index (χ1n) is 5.68. The molecule has 1 aromatic rings. The van der Waals surface area contributed by atoms with Crippen LogP contribution in [0.15, 0.2) is 18.2 Å². The quantitative estimate of drug-likeness (QED) is 0.874. The molecule has 18 heavy (non-hydrogen) atoms. The van der Waals surface area contributed by atoms with E-state index in [0.29, 0.717) is 17.4 Å². The summed E-state index contributed by atoms with van der Waals surface area (Å²) in [6.45, 7) is 2.08.